The number of allylic oxidation sites excluding steroid dienone is 1. The Morgan fingerprint density at radius 3 is 2.18 bits per heavy atom. The molecule has 4 heteroatoms. The standard InChI is InChI=1S/C22H25N3O.C2H6/c1-24(2)14-17-13-21(19-7-5-6-8-20(19)22(17)26)16-9-11-18(12-10-16)23-15-25(3)4;1-2/h5-12,14-15,21H,13H2,1-4H3;1-2H3/b17-14+,23-15?;. The van der Waals surface area contributed by atoms with Crippen molar-refractivity contribution in [2.45, 2.75) is 26.2 Å². The van der Waals surface area contributed by atoms with Gasteiger partial charge in [-0.3, -0.25) is 4.79 Å². The minimum Gasteiger partial charge on any atom is -0.383 e. The van der Waals surface area contributed by atoms with Gasteiger partial charge in [-0.2, -0.15) is 0 Å². The Hall–Kier alpha value is -2.88. The van der Waals surface area contributed by atoms with Gasteiger partial charge < -0.3 is 9.80 Å². The predicted molar refractivity (Wildman–Crippen MR) is 119 cm³/mol. The molecule has 148 valence electrons. The highest BCUT2D eigenvalue weighted by atomic mass is 16.1. The highest BCUT2D eigenvalue weighted by Gasteiger charge is 2.30. The van der Waals surface area contributed by atoms with E-state index in [1.54, 1.807) is 6.34 Å². The van der Waals surface area contributed by atoms with E-state index in [0.29, 0.717) is 6.42 Å². The zero-order valence-electron chi connectivity index (χ0n) is 17.8. The van der Waals surface area contributed by atoms with Crippen molar-refractivity contribution in [2.24, 2.45) is 4.99 Å². The van der Waals surface area contributed by atoms with Gasteiger partial charge in [-0.25, -0.2) is 4.99 Å². The van der Waals surface area contributed by atoms with Gasteiger partial charge in [0.2, 0.25) is 0 Å². The van der Waals surface area contributed by atoms with Crippen LogP contribution < -0.4 is 0 Å². The van der Waals surface area contributed by atoms with Crippen molar-refractivity contribution in [3.05, 3.63) is 77.0 Å². The Bertz CT molecular complexity index is 848. The topological polar surface area (TPSA) is 35.9 Å². The van der Waals surface area contributed by atoms with Crippen molar-refractivity contribution in [1.82, 2.24) is 9.80 Å². The monoisotopic (exact) mass is 377 g/mol. The van der Waals surface area contributed by atoms with E-state index in [4.69, 9.17) is 0 Å². The third kappa shape index (κ3) is 5.10. The fourth-order valence-corrected chi connectivity index (χ4v) is 3.30. The number of hydrogen-bond donors (Lipinski definition) is 0. The molecule has 0 saturated heterocycles. The Kier molecular flexibility index (Phi) is 7.56. The molecule has 3 rings (SSSR count). The summed E-state index contributed by atoms with van der Waals surface area (Å²) in [5.41, 5.74) is 4.91. The first-order valence-corrected chi connectivity index (χ1v) is 9.77. The van der Waals surface area contributed by atoms with Crippen LogP contribution in [-0.4, -0.2) is 50.1 Å². The van der Waals surface area contributed by atoms with Crippen molar-refractivity contribution >= 4 is 17.8 Å². The number of hydrogen-bond acceptors (Lipinski definition) is 3. The molecule has 0 aliphatic heterocycles. The van der Waals surface area contributed by atoms with E-state index in [1.807, 2.05) is 88.4 Å². The average molecular weight is 378 g/mol. The minimum atomic E-state index is 0.137. The molecule has 2 aromatic rings. The molecule has 1 aliphatic rings. The third-order valence-electron chi connectivity index (χ3n) is 4.44. The molecular weight excluding hydrogens is 346 g/mol. The lowest BCUT2D eigenvalue weighted by Crippen LogP contribution is -2.21. The van der Waals surface area contributed by atoms with Gasteiger partial charge >= 0.3 is 0 Å². The molecule has 28 heavy (non-hydrogen) atoms. The molecule has 0 spiro atoms. The van der Waals surface area contributed by atoms with Gasteiger partial charge in [0, 0.05) is 51.4 Å². The van der Waals surface area contributed by atoms with E-state index in [9.17, 15) is 4.79 Å². The third-order valence-corrected chi connectivity index (χ3v) is 4.44. The van der Waals surface area contributed by atoms with E-state index < -0.39 is 0 Å². The fourth-order valence-electron chi connectivity index (χ4n) is 3.30. The van der Waals surface area contributed by atoms with Gasteiger partial charge in [0.15, 0.2) is 5.78 Å². The first-order chi connectivity index (χ1) is 13.5. The first-order valence-electron chi connectivity index (χ1n) is 9.77. The summed E-state index contributed by atoms with van der Waals surface area (Å²) in [5.74, 6) is 0.319. The number of rotatable bonds is 4. The van der Waals surface area contributed by atoms with E-state index >= 15 is 0 Å². The Morgan fingerprint density at radius 2 is 1.57 bits per heavy atom. The number of benzene rings is 2. The molecule has 0 saturated carbocycles. The highest BCUT2D eigenvalue weighted by molar-refractivity contribution is 6.11. The summed E-state index contributed by atoms with van der Waals surface area (Å²) >= 11 is 0. The van der Waals surface area contributed by atoms with Crippen molar-refractivity contribution in [3.63, 3.8) is 0 Å². The van der Waals surface area contributed by atoms with E-state index in [1.165, 1.54) is 5.56 Å². The maximum Gasteiger partial charge on any atom is 0.190 e. The van der Waals surface area contributed by atoms with Crippen LogP contribution in [0.4, 0.5) is 5.69 Å². The molecule has 0 radical (unpaired) electrons. The van der Waals surface area contributed by atoms with Crippen LogP contribution >= 0.6 is 0 Å². The minimum absolute atomic E-state index is 0.137. The number of nitrogens with zero attached hydrogens (tertiary/aromatic N) is 3. The van der Waals surface area contributed by atoms with Gasteiger partial charge in [0.1, 0.15) is 0 Å². The van der Waals surface area contributed by atoms with Gasteiger partial charge in [-0.15, -0.1) is 0 Å². The Balaban J connectivity index is 0.00000136. The van der Waals surface area contributed by atoms with E-state index in [0.717, 1.165) is 22.4 Å². The number of Topliss-reactive ketones (excluding diaryl/α,β-unsaturated/α-hetero) is 1. The molecule has 1 unspecified atom stereocenters. The van der Waals surface area contributed by atoms with Crippen LogP contribution in [-0.2, 0) is 0 Å². The molecule has 0 amide bonds. The fraction of sp³-hybridized carbons (Fsp3) is 0.333. The second-order valence-corrected chi connectivity index (χ2v) is 7.09. The molecule has 0 bridgehead atoms. The predicted octanol–water partition coefficient (Wildman–Crippen LogP) is 5.10. The summed E-state index contributed by atoms with van der Waals surface area (Å²) in [4.78, 5) is 21.1. The van der Waals surface area contributed by atoms with Crippen LogP contribution in [0.15, 0.2) is 65.3 Å². The second-order valence-electron chi connectivity index (χ2n) is 7.09. The van der Waals surface area contributed by atoms with Crippen LogP contribution in [0.2, 0.25) is 0 Å². The lowest BCUT2D eigenvalue weighted by Gasteiger charge is -2.27. The first kappa shape index (κ1) is 21.4. The summed E-state index contributed by atoms with van der Waals surface area (Å²) < 4.78 is 0. The van der Waals surface area contributed by atoms with Crippen LogP contribution in [0.5, 0.6) is 0 Å². The summed E-state index contributed by atoms with van der Waals surface area (Å²) in [6.07, 6.45) is 4.46. The number of carbonyl (C=O) groups is 1. The number of aliphatic imine (C=N–C) groups is 1. The van der Waals surface area contributed by atoms with Crippen LogP contribution in [0.3, 0.4) is 0 Å². The summed E-state index contributed by atoms with van der Waals surface area (Å²) in [7, 11) is 7.81. The van der Waals surface area contributed by atoms with Gasteiger partial charge in [0.05, 0.1) is 12.0 Å². The van der Waals surface area contributed by atoms with Crippen LogP contribution in [0, 0.1) is 0 Å². The van der Waals surface area contributed by atoms with Crippen LogP contribution in [0.1, 0.15) is 47.7 Å². The molecule has 1 atom stereocenters. The molecule has 0 N–H and O–H groups in total. The normalized spacial score (nSPS) is 17.1. The number of carbonyl (C=O) groups excluding carboxylic acids is 1. The summed E-state index contributed by atoms with van der Waals surface area (Å²) in [6.45, 7) is 4.00. The molecule has 2 aromatic carbocycles. The zero-order valence-corrected chi connectivity index (χ0v) is 17.8. The molecular formula is C24H31N3O. The van der Waals surface area contributed by atoms with Crippen LogP contribution in [0.25, 0.3) is 0 Å². The second kappa shape index (κ2) is 9.88. The smallest absolute Gasteiger partial charge is 0.190 e. The van der Waals surface area contributed by atoms with Gasteiger partial charge in [0.25, 0.3) is 0 Å². The lowest BCUT2D eigenvalue weighted by molar-refractivity contribution is 0.102. The van der Waals surface area contributed by atoms with Crippen molar-refractivity contribution in [1.29, 1.82) is 0 Å². The maximum absolute atomic E-state index is 12.8. The number of fused-ring (bicyclic) bond motifs is 1. The molecule has 0 aromatic heterocycles. The van der Waals surface area contributed by atoms with E-state index in [2.05, 4.69) is 23.2 Å². The van der Waals surface area contributed by atoms with Crippen molar-refractivity contribution in [3.8, 4) is 0 Å². The Morgan fingerprint density at radius 1 is 0.929 bits per heavy atom. The van der Waals surface area contributed by atoms with Crippen molar-refractivity contribution in [2.75, 3.05) is 28.2 Å². The Labute approximate surface area is 169 Å². The maximum atomic E-state index is 12.8. The SMILES string of the molecule is CC.CN(C)C=Nc1ccc(C2C/C(=C\N(C)C)C(=O)c3ccccc32)cc1. The highest BCUT2D eigenvalue weighted by Crippen LogP contribution is 2.39. The average Bonchev–Trinajstić information content (AvgIpc) is 2.70. The summed E-state index contributed by atoms with van der Waals surface area (Å²) in [5, 5.41) is 0. The largest absolute Gasteiger partial charge is 0.383 e. The number of ketones is 1. The molecule has 0 fully saturated rings. The molecule has 0 heterocycles. The van der Waals surface area contributed by atoms with Crippen molar-refractivity contribution < 1.29 is 4.79 Å². The molecule has 1 aliphatic carbocycles. The van der Waals surface area contributed by atoms with Gasteiger partial charge in [-0.1, -0.05) is 50.2 Å². The summed E-state index contributed by atoms with van der Waals surface area (Å²) in [6, 6.07) is 16.2. The lowest BCUT2D eigenvalue weighted by atomic mass is 9.76. The quantitative estimate of drug-likeness (QED) is 0.423. The van der Waals surface area contributed by atoms with Gasteiger partial charge in [-0.05, 0) is 29.7 Å². The molecule has 4 nitrogen and oxygen atoms in total. The van der Waals surface area contributed by atoms with E-state index in [-0.39, 0.29) is 11.7 Å². The zero-order chi connectivity index (χ0) is 20.7.